The molecule has 0 amide bonds. The van der Waals surface area contributed by atoms with E-state index in [1.54, 1.807) is 0 Å². The minimum absolute atomic E-state index is 0.241. The summed E-state index contributed by atoms with van der Waals surface area (Å²) in [6, 6.07) is 4.81. The van der Waals surface area contributed by atoms with Gasteiger partial charge in [-0.15, -0.1) is 0 Å². The van der Waals surface area contributed by atoms with Crippen LogP contribution < -0.4 is 5.56 Å². The molecule has 1 aliphatic rings. The quantitative estimate of drug-likeness (QED) is 0.944. The lowest BCUT2D eigenvalue weighted by Gasteiger charge is -2.24. The molecule has 6 heteroatoms. The smallest absolute Gasteiger partial charge is 0.253 e. The fourth-order valence-electron chi connectivity index (χ4n) is 2.61. The molecular formula is C16H16F2N2O2. The molecule has 1 heterocycles. The predicted molar refractivity (Wildman–Crippen MR) is 76.4 cm³/mol. The summed E-state index contributed by atoms with van der Waals surface area (Å²) in [6.45, 7) is -0.241. The van der Waals surface area contributed by atoms with Crippen molar-refractivity contribution in [2.75, 3.05) is 0 Å². The van der Waals surface area contributed by atoms with Crippen LogP contribution in [0.1, 0.15) is 42.5 Å². The van der Waals surface area contributed by atoms with Crippen LogP contribution in [0.3, 0.4) is 0 Å². The number of hydrogen-bond donors (Lipinski definition) is 1. The van der Waals surface area contributed by atoms with Crippen molar-refractivity contribution in [1.82, 2.24) is 9.55 Å². The first-order valence-electron chi connectivity index (χ1n) is 7.24. The number of hydrogen-bond acceptors (Lipinski definition) is 3. The van der Waals surface area contributed by atoms with E-state index in [4.69, 9.17) is 0 Å². The van der Waals surface area contributed by atoms with E-state index in [1.807, 2.05) is 0 Å². The fourth-order valence-corrected chi connectivity index (χ4v) is 2.61. The average Bonchev–Trinajstić information content (AvgIpc) is 2.39. The van der Waals surface area contributed by atoms with Gasteiger partial charge in [0, 0.05) is 12.0 Å². The Balaban J connectivity index is 1.82. The molecule has 2 aromatic rings. The zero-order chi connectivity index (χ0) is 15.7. The predicted octanol–water partition coefficient (Wildman–Crippen LogP) is 2.52. The molecule has 1 fully saturated rings. The van der Waals surface area contributed by atoms with Gasteiger partial charge in [-0.2, -0.15) is 0 Å². The van der Waals surface area contributed by atoms with Crippen LogP contribution in [0, 0.1) is 11.6 Å². The van der Waals surface area contributed by atoms with Crippen LogP contribution in [0.5, 0.6) is 0 Å². The Labute approximate surface area is 126 Å². The topological polar surface area (TPSA) is 55.1 Å². The molecule has 1 unspecified atom stereocenters. The van der Waals surface area contributed by atoms with E-state index in [9.17, 15) is 18.7 Å². The summed E-state index contributed by atoms with van der Waals surface area (Å²) in [5, 5.41) is 10.0. The Morgan fingerprint density at radius 2 is 2.00 bits per heavy atom. The van der Waals surface area contributed by atoms with Gasteiger partial charge in [0.15, 0.2) is 0 Å². The summed E-state index contributed by atoms with van der Waals surface area (Å²) in [5.74, 6) is -1.34. The van der Waals surface area contributed by atoms with Crippen molar-refractivity contribution in [2.24, 2.45) is 0 Å². The highest BCUT2D eigenvalue weighted by Crippen LogP contribution is 2.34. The van der Waals surface area contributed by atoms with Crippen molar-refractivity contribution in [2.45, 2.75) is 37.8 Å². The molecule has 0 aliphatic heterocycles. The summed E-state index contributed by atoms with van der Waals surface area (Å²) in [4.78, 5) is 16.3. The van der Waals surface area contributed by atoms with Crippen molar-refractivity contribution in [3.05, 3.63) is 63.8 Å². The number of nitrogens with zero attached hydrogens (tertiary/aromatic N) is 2. The molecule has 1 aliphatic carbocycles. The van der Waals surface area contributed by atoms with Crippen LogP contribution in [-0.4, -0.2) is 14.7 Å². The highest BCUT2D eigenvalue weighted by atomic mass is 19.1. The number of benzene rings is 1. The van der Waals surface area contributed by atoms with E-state index >= 15 is 0 Å². The molecular weight excluding hydrogens is 290 g/mol. The van der Waals surface area contributed by atoms with E-state index in [1.165, 1.54) is 23.0 Å². The molecule has 1 saturated carbocycles. The molecule has 3 rings (SSSR count). The van der Waals surface area contributed by atoms with Gasteiger partial charge < -0.3 is 5.11 Å². The fraction of sp³-hybridized carbons (Fsp3) is 0.375. The molecule has 1 aromatic heterocycles. The van der Waals surface area contributed by atoms with Crippen LogP contribution in [0.2, 0.25) is 0 Å². The van der Waals surface area contributed by atoms with Gasteiger partial charge in [-0.05, 0) is 25.0 Å². The molecule has 116 valence electrons. The lowest BCUT2D eigenvalue weighted by atomic mass is 9.83. The molecule has 1 atom stereocenters. The SMILES string of the molecule is O=c1cc(C2CCC2)ncn1CC(O)c1c(F)cccc1F. The van der Waals surface area contributed by atoms with Gasteiger partial charge in [0.2, 0.25) is 0 Å². The van der Waals surface area contributed by atoms with Gasteiger partial charge in [0.05, 0.1) is 24.1 Å². The third kappa shape index (κ3) is 2.78. The van der Waals surface area contributed by atoms with Gasteiger partial charge >= 0.3 is 0 Å². The van der Waals surface area contributed by atoms with E-state index in [2.05, 4.69) is 4.98 Å². The van der Waals surface area contributed by atoms with Crippen molar-refractivity contribution in [3.63, 3.8) is 0 Å². The Morgan fingerprint density at radius 3 is 2.55 bits per heavy atom. The average molecular weight is 306 g/mol. The Morgan fingerprint density at radius 1 is 1.32 bits per heavy atom. The minimum atomic E-state index is -1.45. The molecule has 0 spiro atoms. The molecule has 1 aromatic carbocycles. The van der Waals surface area contributed by atoms with Gasteiger partial charge in [-0.3, -0.25) is 9.36 Å². The van der Waals surface area contributed by atoms with E-state index < -0.39 is 23.3 Å². The van der Waals surface area contributed by atoms with Crippen molar-refractivity contribution >= 4 is 0 Å². The monoisotopic (exact) mass is 306 g/mol. The maximum absolute atomic E-state index is 13.6. The largest absolute Gasteiger partial charge is 0.386 e. The van der Waals surface area contributed by atoms with Crippen LogP contribution in [0.4, 0.5) is 8.78 Å². The van der Waals surface area contributed by atoms with Gasteiger partial charge in [0.1, 0.15) is 17.7 Å². The number of rotatable bonds is 4. The van der Waals surface area contributed by atoms with Gasteiger partial charge in [-0.1, -0.05) is 12.5 Å². The van der Waals surface area contributed by atoms with Crippen LogP contribution in [0.15, 0.2) is 35.4 Å². The first-order valence-corrected chi connectivity index (χ1v) is 7.24. The molecule has 1 N–H and O–H groups in total. The second-order valence-corrected chi connectivity index (χ2v) is 5.58. The lowest BCUT2D eigenvalue weighted by molar-refractivity contribution is 0.145. The zero-order valence-corrected chi connectivity index (χ0v) is 11.9. The zero-order valence-electron chi connectivity index (χ0n) is 11.9. The summed E-state index contributed by atoms with van der Waals surface area (Å²) < 4.78 is 28.4. The Kier molecular flexibility index (Phi) is 4.02. The van der Waals surface area contributed by atoms with Crippen molar-refractivity contribution < 1.29 is 13.9 Å². The van der Waals surface area contributed by atoms with Crippen LogP contribution in [-0.2, 0) is 6.54 Å². The maximum Gasteiger partial charge on any atom is 0.253 e. The summed E-state index contributed by atoms with van der Waals surface area (Å²) in [7, 11) is 0. The Hall–Kier alpha value is -2.08. The maximum atomic E-state index is 13.6. The minimum Gasteiger partial charge on any atom is -0.386 e. The highest BCUT2D eigenvalue weighted by Gasteiger charge is 2.22. The van der Waals surface area contributed by atoms with Gasteiger partial charge in [-0.25, -0.2) is 13.8 Å². The first-order chi connectivity index (χ1) is 10.6. The first kappa shape index (κ1) is 14.8. The van der Waals surface area contributed by atoms with Crippen LogP contribution in [0.25, 0.3) is 0 Å². The molecule has 4 nitrogen and oxygen atoms in total. The summed E-state index contributed by atoms with van der Waals surface area (Å²) >= 11 is 0. The summed E-state index contributed by atoms with van der Waals surface area (Å²) in [5.41, 5.74) is -0.00997. The molecule has 0 saturated heterocycles. The van der Waals surface area contributed by atoms with E-state index in [0.717, 1.165) is 37.1 Å². The van der Waals surface area contributed by atoms with Gasteiger partial charge in [0.25, 0.3) is 5.56 Å². The lowest BCUT2D eigenvalue weighted by Crippen LogP contribution is -2.26. The Bertz CT molecular complexity index is 721. The normalized spacial score (nSPS) is 16.3. The van der Waals surface area contributed by atoms with E-state index in [-0.39, 0.29) is 12.1 Å². The summed E-state index contributed by atoms with van der Waals surface area (Å²) in [6.07, 6.45) is 3.08. The molecule has 22 heavy (non-hydrogen) atoms. The van der Waals surface area contributed by atoms with E-state index in [0.29, 0.717) is 5.92 Å². The third-order valence-electron chi connectivity index (χ3n) is 4.13. The van der Waals surface area contributed by atoms with Crippen LogP contribution >= 0.6 is 0 Å². The number of halogens is 2. The standard InChI is InChI=1S/C16H16F2N2O2/c17-11-5-2-6-12(18)16(11)14(21)8-20-9-19-13(7-15(20)22)10-3-1-4-10/h2,5-7,9-10,14,21H,1,3-4,8H2. The highest BCUT2D eigenvalue weighted by molar-refractivity contribution is 5.22. The number of aliphatic hydroxyl groups excluding tert-OH is 1. The van der Waals surface area contributed by atoms with Crippen molar-refractivity contribution in [1.29, 1.82) is 0 Å². The second-order valence-electron chi connectivity index (χ2n) is 5.58. The number of aromatic nitrogens is 2. The number of aliphatic hydroxyl groups is 1. The second kappa shape index (κ2) is 5.96. The molecule has 0 radical (unpaired) electrons. The third-order valence-corrected chi connectivity index (χ3v) is 4.13. The van der Waals surface area contributed by atoms with Crippen molar-refractivity contribution in [3.8, 4) is 0 Å². The molecule has 0 bridgehead atoms.